The first-order chi connectivity index (χ1) is 7.23. The molecule has 3 unspecified atom stereocenters. The summed E-state index contributed by atoms with van der Waals surface area (Å²) in [7, 11) is 0. The van der Waals surface area contributed by atoms with Crippen LogP contribution in [-0.4, -0.2) is 17.7 Å². The minimum absolute atomic E-state index is 0.0366. The number of allylic oxidation sites excluding steroid dienone is 1. The van der Waals surface area contributed by atoms with Gasteiger partial charge in [0.05, 0.1) is 11.7 Å². The first-order valence-electron chi connectivity index (χ1n) is 6.04. The molecular weight excluding hydrogens is 186 g/mol. The summed E-state index contributed by atoms with van der Waals surface area (Å²) in [4.78, 5) is 0. The van der Waals surface area contributed by atoms with Gasteiger partial charge in [0.2, 0.25) is 0 Å². The molecule has 3 rings (SSSR count). The smallest absolute Gasteiger partial charge is 0.0918 e. The van der Waals surface area contributed by atoms with Crippen molar-refractivity contribution in [2.45, 2.75) is 56.8 Å². The molecule has 82 valence electrons. The van der Waals surface area contributed by atoms with Gasteiger partial charge >= 0.3 is 0 Å². The van der Waals surface area contributed by atoms with Crippen molar-refractivity contribution in [3.05, 3.63) is 23.3 Å². The number of ether oxygens (including phenoxy) is 1. The molecule has 15 heavy (non-hydrogen) atoms. The first-order valence-corrected chi connectivity index (χ1v) is 6.04. The maximum absolute atomic E-state index is 6.25. The van der Waals surface area contributed by atoms with E-state index in [1.165, 1.54) is 24.0 Å². The van der Waals surface area contributed by atoms with Gasteiger partial charge in [-0.3, -0.25) is 0 Å². The monoisotopic (exact) mass is 205 g/mol. The third kappa shape index (κ3) is 1.31. The molecule has 3 aliphatic rings. The zero-order valence-electron chi connectivity index (χ0n) is 9.33. The van der Waals surface area contributed by atoms with Crippen LogP contribution in [0, 0.1) is 0 Å². The van der Waals surface area contributed by atoms with Crippen LogP contribution in [0.4, 0.5) is 0 Å². The van der Waals surface area contributed by atoms with Crippen molar-refractivity contribution in [1.29, 1.82) is 0 Å². The second kappa shape index (κ2) is 3.19. The highest BCUT2D eigenvalue weighted by molar-refractivity contribution is 5.39. The van der Waals surface area contributed by atoms with Crippen molar-refractivity contribution in [3.63, 3.8) is 0 Å². The molecule has 2 nitrogen and oxygen atoms in total. The van der Waals surface area contributed by atoms with E-state index >= 15 is 0 Å². The van der Waals surface area contributed by atoms with Gasteiger partial charge in [0, 0.05) is 6.04 Å². The minimum Gasteiger partial charge on any atom is -0.363 e. The van der Waals surface area contributed by atoms with Gasteiger partial charge in [0.25, 0.3) is 0 Å². The highest BCUT2D eigenvalue weighted by atomic mass is 16.5. The van der Waals surface area contributed by atoms with Gasteiger partial charge in [0.1, 0.15) is 0 Å². The van der Waals surface area contributed by atoms with E-state index in [0.717, 1.165) is 19.3 Å². The van der Waals surface area contributed by atoms with Crippen LogP contribution >= 0.6 is 0 Å². The molecule has 1 saturated heterocycles. The molecule has 0 amide bonds. The molecule has 2 heterocycles. The van der Waals surface area contributed by atoms with Gasteiger partial charge in [-0.05, 0) is 50.2 Å². The van der Waals surface area contributed by atoms with Gasteiger partial charge < -0.3 is 10.5 Å². The van der Waals surface area contributed by atoms with Gasteiger partial charge in [-0.25, -0.2) is 0 Å². The zero-order valence-corrected chi connectivity index (χ0v) is 9.33. The fourth-order valence-electron chi connectivity index (χ4n) is 3.37. The van der Waals surface area contributed by atoms with Crippen molar-refractivity contribution >= 4 is 0 Å². The molecule has 2 heteroatoms. The van der Waals surface area contributed by atoms with E-state index < -0.39 is 0 Å². The normalized spacial score (nSPS) is 46.5. The van der Waals surface area contributed by atoms with E-state index in [9.17, 15) is 0 Å². The van der Waals surface area contributed by atoms with Crippen LogP contribution in [0.25, 0.3) is 0 Å². The molecule has 2 N–H and O–H groups in total. The standard InChI is InChI=1S/C13H19NO/c1-2-9-7-10-3-4-11(14)8-13(10)6-5-12(9)15-13/h2,7,11-12H,3-6,8,14H2,1H3. The van der Waals surface area contributed by atoms with Crippen molar-refractivity contribution in [3.8, 4) is 0 Å². The quantitative estimate of drug-likeness (QED) is 0.658. The van der Waals surface area contributed by atoms with Crippen LogP contribution in [0.15, 0.2) is 23.3 Å². The summed E-state index contributed by atoms with van der Waals surface area (Å²) in [5.74, 6) is 0. The fourth-order valence-corrected chi connectivity index (χ4v) is 3.37. The highest BCUT2D eigenvalue weighted by Crippen LogP contribution is 2.50. The van der Waals surface area contributed by atoms with Gasteiger partial charge in [-0.2, -0.15) is 0 Å². The topological polar surface area (TPSA) is 35.2 Å². The average Bonchev–Trinajstić information content (AvgIpc) is 2.57. The van der Waals surface area contributed by atoms with Crippen molar-refractivity contribution in [2.24, 2.45) is 5.73 Å². The summed E-state index contributed by atoms with van der Waals surface area (Å²) in [5, 5.41) is 0. The second-order valence-electron chi connectivity index (χ2n) is 5.10. The van der Waals surface area contributed by atoms with Crippen molar-refractivity contribution in [1.82, 2.24) is 0 Å². The van der Waals surface area contributed by atoms with Gasteiger partial charge in [0.15, 0.2) is 0 Å². The number of hydrogen-bond acceptors (Lipinski definition) is 2. The third-order valence-electron chi connectivity index (χ3n) is 4.19. The average molecular weight is 205 g/mol. The van der Waals surface area contributed by atoms with E-state index in [0.29, 0.717) is 12.1 Å². The first kappa shape index (κ1) is 9.61. The molecule has 2 aliphatic heterocycles. The van der Waals surface area contributed by atoms with Crippen LogP contribution in [0.2, 0.25) is 0 Å². The molecule has 2 bridgehead atoms. The summed E-state index contributed by atoms with van der Waals surface area (Å²) in [6, 6.07) is 0.341. The molecule has 0 aromatic heterocycles. The van der Waals surface area contributed by atoms with Crippen molar-refractivity contribution < 1.29 is 4.74 Å². The Kier molecular flexibility index (Phi) is 2.05. The predicted molar refractivity (Wildman–Crippen MR) is 60.5 cm³/mol. The summed E-state index contributed by atoms with van der Waals surface area (Å²) in [6.45, 7) is 2.11. The number of fused-ring (bicyclic) bond motifs is 1. The fraction of sp³-hybridized carbons (Fsp3) is 0.692. The van der Waals surface area contributed by atoms with E-state index in [1.807, 2.05) is 0 Å². The highest BCUT2D eigenvalue weighted by Gasteiger charge is 2.49. The number of hydrogen-bond donors (Lipinski definition) is 1. The Balaban J connectivity index is 2.01. The second-order valence-corrected chi connectivity index (χ2v) is 5.10. The number of rotatable bonds is 0. The maximum Gasteiger partial charge on any atom is 0.0918 e. The minimum atomic E-state index is 0.0366. The summed E-state index contributed by atoms with van der Waals surface area (Å²) >= 11 is 0. The Morgan fingerprint density at radius 3 is 3.20 bits per heavy atom. The van der Waals surface area contributed by atoms with Crippen LogP contribution in [0.1, 0.15) is 39.0 Å². The lowest BCUT2D eigenvalue weighted by Crippen LogP contribution is -2.44. The molecule has 1 spiro atoms. The molecule has 2 fully saturated rings. The van der Waals surface area contributed by atoms with Gasteiger partial charge in [-0.1, -0.05) is 12.2 Å². The lowest BCUT2D eigenvalue weighted by Gasteiger charge is -2.41. The van der Waals surface area contributed by atoms with E-state index in [4.69, 9.17) is 10.5 Å². The molecule has 0 aromatic carbocycles. The van der Waals surface area contributed by atoms with Crippen molar-refractivity contribution in [2.75, 3.05) is 0 Å². The Morgan fingerprint density at radius 2 is 2.40 bits per heavy atom. The Labute approximate surface area is 91.2 Å². The van der Waals surface area contributed by atoms with E-state index in [1.54, 1.807) is 0 Å². The summed E-state index contributed by atoms with van der Waals surface area (Å²) in [6.07, 6.45) is 10.6. The predicted octanol–water partition coefficient (Wildman–Crippen LogP) is 2.30. The molecule has 0 aromatic rings. The molecule has 1 saturated carbocycles. The summed E-state index contributed by atoms with van der Waals surface area (Å²) in [5.41, 5.74) is 8.99. The van der Waals surface area contributed by atoms with Gasteiger partial charge in [-0.15, -0.1) is 0 Å². The third-order valence-corrected chi connectivity index (χ3v) is 4.19. The van der Waals surface area contributed by atoms with Crippen LogP contribution in [-0.2, 0) is 4.74 Å². The lowest BCUT2D eigenvalue weighted by molar-refractivity contribution is -0.0265. The lowest BCUT2D eigenvalue weighted by atomic mass is 9.76. The van der Waals surface area contributed by atoms with Crippen LogP contribution < -0.4 is 5.73 Å². The van der Waals surface area contributed by atoms with Crippen LogP contribution in [0.5, 0.6) is 0 Å². The number of nitrogens with two attached hydrogens (primary N) is 1. The Bertz CT molecular complexity index is 344. The molecule has 0 radical (unpaired) electrons. The maximum atomic E-state index is 6.25. The largest absolute Gasteiger partial charge is 0.363 e. The molecular formula is C13H19NO. The molecule has 3 atom stereocenters. The van der Waals surface area contributed by atoms with E-state index in [2.05, 4.69) is 19.1 Å². The SMILES string of the molecule is CC=C1C=C2CCC(N)CC23CCC1O3. The Morgan fingerprint density at radius 1 is 1.53 bits per heavy atom. The van der Waals surface area contributed by atoms with Crippen LogP contribution in [0.3, 0.4) is 0 Å². The zero-order chi connectivity index (χ0) is 10.5. The van der Waals surface area contributed by atoms with E-state index in [-0.39, 0.29) is 5.60 Å². The molecule has 1 aliphatic carbocycles. The summed E-state index contributed by atoms with van der Waals surface area (Å²) < 4.78 is 6.25. The Hall–Kier alpha value is -0.600.